The minimum absolute atomic E-state index is 0.120. The molecule has 0 radical (unpaired) electrons. The van der Waals surface area contributed by atoms with Gasteiger partial charge in [-0.15, -0.1) is 0 Å². The van der Waals surface area contributed by atoms with Gasteiger partial charge in [0.2, 0.25) is 11.8 Å². The number of aliphatic hydroxyl groups excluding tert-OH is 1. The Bertz CT molecular complexity index is 1310. The van der Waals surface area contributed by atoms with Crippen LogP contribution in [0.3, 0.4) is 0 Å². The summed E-state index contributed by atoms with van der Waals surface area (Å²) in [5.74, 6) is 1.82. The Morgan fingerprint density at radius 3 is 2.83 bits per heavy atom. The van der Waals surface area contributed by atoms with Gasteiger partial charge in [0.25, 0.3) is 5.91 Å². The molecule has 1 fully saturated rings. The predicted octanol–water partition coefficient (Wildman–Crippen LogP) is 4.56. The Balaban J connectivity index is 1.38. The maximum atomic E-state index is 12.7. The summed E-state index contributed by atoms with van der Waals surface area (Å²) in [5, 5.41) is 16.9. The third kappa shape index (κ3) is 4.95. The van der Waals surface area contributed by atoms with Crippen molar-refractivity contribution < 1.29 is 19.4 Å². The number of hydrogen-bond acceptors (Lipinski definition) is 8. The van der Waals surface area contributed by atoms with Crippen molar-refractivity contribution in [2.24, 2.45) is 5.92 Å². The van der Waals surface area contributed by atoms with Crippen LogP contribution < -0.4 is 20.1 Å². The van der Waals surface area contributed by atoms with Gasteiger partial charge in [-0.1, -0.05) is 23.7 Å². The zero-order valence-electron chi connectivity index (χ0n) is 20.3. The molecule has 1 aliphatic heterocycles. The zero-order valence-corrected chi connectivity index (χ0v) is 21.1. The number of fused-ring (bicyclic) bond motifs is 1. The van der Waals surface area contributed by atoms with Crippen LogP contribution in [0.25, 0.3) is 0 Å². The molecule has 2 aromatic carbocycles. The number of hydrogen-bond donors (Lipinski definition) is 3. The average Bonchev–Trinajstić information content (AvgIpc) is 3.64. The summed E-state index contributed by atoms with van der Waals surface area (Å²) in [7, 11) is 3.38. The van der Waals surface area contributed by atoms with E-state index in [-0.39, 0.29) is 22.8 Å². The molecule has 188 valence electrons. The molecule has 0 spiro atoms. The van der Waals surface area contributed by atoms with Gasteiger partial charge in [-0.05, 0) is 62.1 Å². The van der Waals surface area contributed by atoms with E-state index in [9.17, 15) is 9.90 Å². The number of carbonyl (C=O) groups excluding carboxylic acids is 1. The summed E-state index contributed by atoms with van der Waals surface area (Å²) in [4.78, 5) is 23.2. The molecule has 2 heterocycles. The largest absolute Gasteiger partial charge is 0.495 e. The first-order valence-electron chi connectivity index (χ1n) is 11.8. The fraction of sp³-hybridized carbons (Fsp3) is 0.346. The summed E-state index contributed by atoms with van der Waals surface area (Å²) >= 11 is 6.34. The molecule has 1 aromatic heterocycles. The number of aliphatic hydroxyl groups is 1. The smallest absolute Gasteiger partial charge is 0.251 e. The van der Waals surface area contributed by atoms with Gasteiger partial charge in [0, 0.05) is 24.2 Å². The molecule has 1 amide bonds. The minimum Gasteiger partial charge on any atom is -0.495 e. The molecule has 1 saturated carbocycles. The molecular weight excluding hydrogens is 482 g/mol. The van der Waals surface area contributed by atoms with Crippen LogP contribution in [0.4, 0.5) is 11.6 Å². The third-order valence-corrected chi connectivity index (χ3v) is 6.72. The van der Waals surface area contributed by atoms with Crippen molar-refractivity contribution in [1.29, 1.82) is 0 Å². The van der Waals surface area contributed by atoms with Gasteiger partial charge in [0.05, 0.1) is 19.0 Å². The number of nitrogens with one attached hydrogen (secondary N) is 2. The maximum Gasteiger partial charge on any atom is 0.251 e. The predicted molar refractivity (Wildman–Crippen MR) is 136 cm³/mol. The van der Waals surface area contributed by atoms with E-state index in [2.05, 4.69) is 20.6 Å². The van der Waals surface area contributed by atoms with Crippen molar-refractivity contribution in [1.82, 2.24) is 20.2 Å². The summed E-state index contributed by atoms with van der Waals surface area (Å²) in [6.45, 7) is 3.18. The molecule has 36 heavy (non-hydrogen) atoms. The molecule has 1 aliphatic carbocycles. The van der Waals surface area contributed by atoms with Gasteiger partial charge in [-0.25, -0.2) is 4.98 Å². The lowest BCUT2D eigenvalue weighted by Crippen LogP contribution is -2.26. The first-order chi connectivity index (χ1) is 17.3. The second kappa shape index (κ2) is 9.93. The van der Waals surface area contributed by atoms with Crippen LogP contribution in [0, 0.1) is 12.8 Å². The van der Waals surface area contributed by atoms with Crippen molar-refractivity contribution in [3.8, 4) is 17.4 Å². The lowest BCUT2D eigenvalue weighted by atomic mass is 10.1. The Labute approximate surface area is 214 Å². The number of anilines is 2. The fourth-order valence-corrected chi connectivity index (χ4v) is 4.38. The molecule has 5 rings (SSSR count). The highest BCUT2D eigenvalue weighted by Crippen LogP contribution is 2.40. The highest BCUT2D eigenvalue weighted by atomic mass is 35.5. The molecule has 3 N–H and O–H groups in total. The number of benzene rings is 2. The van der Waals surface area contributed by atoms with Gasteiger partial charge in [-0.2, -0.15) is 4.98 Å². The van der Waals surface area contributed by atoms with Gasteiger partial charge in [0.1, 0.15) is 22.7 Å². The van der Waals surface area contributed by atoms with Gasteiger partial charge in [0.15, 0.2) is 0 Å². The fourth-order valence-electron chi connectivity index (χ4n) is 4.25. The SMILES string of the molecule is COc1cc(C(=O)NCC2CC2)c(C)cc1Nc1ncc(Cl)c(Oc2cccc3c2C(O)N(C)C3)n1. The number of nitrogens with zero attached hydrogens (tertiary/aromatic N) is 3. The zero-order chi connectivity index (χ0) is 25.4. The monoisotopic (exact) mass is 509 g/mol. The van der Waals surface area contributed by atoms with E-state index in [1.54, 1.807) is 12.1 Å². The quantitative estimate of drug-likeness (QED) is 0.405. The maximum absolute atomic E-state index is 12.7. The number of aryl methyl sites for hydroxylation is 1. The standard InChI is InChI=1S/C26H28ClN5O4/c1-14-9-19(21(35-3)10-17(14)23(33)28-11-15-7-8-15)30-26-29-12-18(27)24(31-26)36-20-6-4-5-16-13-32(2)25(34)22(16)20/h4-6,9-10,12,15,25,34H,7-8,11,13H2,1-3H3,(H,28,33)(H,29,30,31). The van der Waals surface area contributed by atoms with Crippen molar-refractivity contribution in [2.75, 3.05) is 26.0 Å². The first kappa shape index (κ1) is 24.3. The van der Waals surface area contributed by atoms with Crippen LogP contribution in [0.5, 0.6) is 17.4 Å². The normalized spacial score (nSPS) is 17.0. The molecule has 1 atom stereocenters. The average molecular weight is 510 g/mol. The van der Waals surface area contributed by atoms with Crippen LogP contribution in [0.2, 0.25) is 5.02 Å². The van der Waals surface area contributed by atoms with Crippen LogP contribution in [-0.2, 0) is 6.54 Å². The van der Waals surface area contributed by atoms with Crippen molar-refractivity contribution >= 4 is 29.1 Å². The number of carbonyl (C=O) groups is 1. The number of aromatic nitrogens is 2. The molecule has 1 unspecified atom stereocenters. The molecule has 9 nitrogen and oxygen atoms in total. The van der Waals surface area contributed by atoms with Crippen molar-refractivity contribution in [2.45, 2.75) is 32.5 Å². The summed E-state index contributed by atoms with van der Waals surface area (Å²) < 4.78 is 11.6. The number of halogens is 1. The minimum atomic E-state index is -0.776. The Morgan fingerprint density at radius 1 is 1.28 bits per heavy atom. The van der Waals surface area contributed by atoms with E-state index in [1.807, 2.05) is 37.1 Å². The highest BCUT2D eigenvalue weighted by molar-refractivity contribution is 6.31. The highest BCUT2D eigenvalue weighted by Gasteiger charge is 2.29. The van der Waals surface area contributed by atoms with Crippen LogP contribution in [0.1, 0.15) is 46.1 Å². The van der Waals surface area contributed by atoms with E-state index in [1.165, 1.54) is 26.1 Å². The molecule has 3 aromatic rings. The molecular formula is C26H28ClN5O4. The van der Waals surface area contributed by atoms with E-state index in [4.69, 9.17) is 21.1 Å². The van der Waals surface area contributed by atoms with Crippen molar-refractivity contribution in [3.05, 3.63) is 63.8 Å². The number of methoxy groups -OCH3 is 1. The Morgan fingerprint density at radius 2 is 2.08 bits per heavy atom. The number of ether oxygens (including phenoxy) is 2. The van der Waals surface area contributed by atoms with Crippen LogP contribution in [0.15, 0.2) is 36.5 Å². The molecule has 2 aliphatic rings. The molecule has 10 heteroatoms. The Hall–Kier alpha value is -3.40. The van der Waals surface area contributed by atoms with Gasteiger partial charge < -0.3 is 25.2 Å². The van der Waals surface area contributed by atoms with Gasteiger partial charge in [-0.3, -0.25) is 9.69 Å². The lowest BCUT2D eigenvalue weighted by Gasteiger charge is -2.17. The van der Waals surface area contributed by atoms with Gasteiger partial charge >= 0.3 is 0 Å². The molecule has 0 saturated heterocycles. The van der Waals surface area contributed by atoms with E-state index >= 15 is 0 Å². The van der Waals surface area contributed by atoms with E-state index in [0.29, 0.717) is 47.3 Å². The van der Waals surface area contributed by atoms with E-state index in [0.717, 1.165) is 11.1 Å². The van der Waals surface area contributed by atoms with E-state index < -0.39 is 6.23 Å². The summed E-state index contributed by atoms with van der Waals surface area (Å²) in [5.41, 5.74) is 3.61. The summed E-state index contributed by atoms with van der Waals surface area (Å²) in [6.07, 6.45) is 3.00. The first-order valence-corrected chi connectivity index (χ1v) is 12.2. The number of rotatable bonds is 8. The van der Waals surface area contributed by atoms with Crippen molar-refractivity contribution in [3.63, 3.8) is 0 Å². The van der Waals surface area contributed by atoms with Crippen LogP contribution in [-0.4, -0.2) is 46.6 Å². The Kier molecular flexibility index (Phi) is 6.70. The molecule has 0 bridgehead atoms. The summed E-state index contributed by atoms with van der Waals surface area (Å²) in [6, 6.07) is 9.11. The number of amides is 1. The third-order valence-electron chi connectivity index (χ3n) is 6.46. The second-order valence-corrected chi connectivity index (χ2v) is 9.62. The lowest BCUT2D eigenvalue weighted by molar-refractivity contribution is 0.0325. The topological polar surface area (TPSA) is 109 Å². The van der Waals surface area contributed by atoms with Crippen LogP contribution >= 0.6 is 11.6 Å². The second-order valence-electron chi connectivity index (χ2n) is 9.21.